The number of non-ortho nitro benzene ring substituents is 1. The summed E-state index contributed by atoms with van der Waals surface area (Å²) < 4.78 is 0. The minimum Gasteiger partial charge on any atom is -0.322 e. The van der Waals surface area contributed by atoms with Crippen LogP contribution >= 0.6 is 11.8 Å². The average Bonchev–Trinajstić information content (AvgIpc) is 2.63. The van der Waals surface area contributed by atoms with Crippen LogP contribution < -0.4 is 5.32 Å². The van der Waals surface area contributed by atoms with Crippen molar-refractivity contribution < 1.29 is 9.72 Å². The van der Waals surface area contributed by atoms with Crippen molar-refractivity contribution in [1.82, 2.24) is 4.98 Å². The number of nitro groups is 1. The van der Waals surface area contributed by atoms with Crippen molar-refractivity contribution in [1.29, 1.82) is 0 Å². The van der Waals surface area contributed by atoms with Crippen LogP contribution in [0, 0.1) is 10.1 Å². The molecule has 0 aliphatic rings. The summed E-state index contributed by atoms with van der Waals surface area (Å²) in [6, 6.07) is 18.7. The Balaban J connectivity index is 1.79. The molecule has 0 atom stereocenters. The van der Waals surface area contributed by atoms with E-state index in [1.54, 1.807) is 18.3 Å². The molecule has 0 unspecified atom stereocenters. The molecular weight excluding hydrogens is 338 g/mol. The van der Waals surface area contributed by atoms with Gasteiger partial charge in [-0.15, -0.1) is 0 Å². The van der Waals surface area contributed by atoms with E-state index in [1.165, 1.54) is 36.0 Å². The first-order valence-electron chi connectivity index (χ1n) is 7.37. The molecule has 0 aliphatic heterocycles. The molecule has 1 heterocycles. The van der Waals surface area contributed by atoms with Crippen LogP contribution in [0.4, 0.5) is 11.4 Å². The smallest absolute Gasteiger partial charge is 0.269 e. The maximum atomic E-state index is 12.5. The van der Waals surface area contributed by atoms with Gasteiger partial charge in [-0.3, -0.25) is 14.9 Å². The Hall–Kier alpha value is -3.19. The van der Waals surface area contributed by atoms with Crippen LogP contribution in [0.3, 0.4) is 0 Å². The number of aromatic nitrogens is 1. The highest BCUT2D eigenvalue weighted by molar-refractivity contribution is 7.99. The van der Waals surface area contributed by atoms with E-state index in [-0.39, 0.29) is 11.6 Å². The van der Waals surface area contributed by atoms with E-state index < -0.39 is 4.92 Å². The number of carbonyl (C=O) groups excluding carboxylic acids is 1. The Labute approximate surface area is 148 Å². The number of carbonyl (C=O) groups is 1. The fraction of sp³-hybridized carbons (Fsp3) is 0. The number of rotatable bonds is 5. The van der Waals surface area contributed by atoms with E-state index >= 15 is 0 Å². The molecule has 0 spiro atoms. The quantitative estimate of drug-likeness (QED) is 0.544. The summed E-state index contributed by atoms with van der Waals surface area (Å²) in [7, 11) is 0. The monoisotopic (exact) mass is 351 g/mol. The molecule has 1 N–H and O–H groups in total. The van der Waals surface area contributed by atoms with E-state index in [0.717, 1.165) is 4.90 Å². The van der Waals surface area contributed by atoms with Gasteiger partial charge in [-0.2, -0.15) is 0 Å². The zero-order chi connectivity index (χ0) is 17.6. The van der Waals surface area contributed by atoms with Crippen LogP contribution in [0.5, 0.6) is 0 Å². The van der Waals surface area contributed by atoms with Crippen molar-refractivity contribution in [3.63, 3.8) is 0 Å². The lowest BCUT2D eigenvalue weighted by atomic mass is 10.2. The molecule has 6 nitrogen and oxygen atoms in total. The SMILES string of the molecule is O=C(Nc1ccc([N+](=O)[O-])cc1)c1cccnc1Sc1ccccc1. The van der Waals surface area contributed by atoms with Crippen LogP contribution in [0.15, 0.2) is 82.8 Å². The molecule has 1 aromatic heterocycles. The minimum atomic E-state index is -0.485. The summed E-state index contributed by atoms with van der Waals surface area (Å²) in [5, 5.41) is 14.0. The second-order valence-electron chi connectivity index (χ2n) is 5.03. The van der Waals surface area contributed by atoms with Gasteiger partial charge in [0.2, 0.25) is 0 Å². The lowest BCUT2D eigenvalue weighted by Crippen LogP contribution is -2.13. The Morgan fingerprint density at radius 1 is 1.00 bits per heavy atom. The van der Waals surface area contributed by atoms with Crippen LogP contribution in [0.25, 0.3) is 0 Å². The van der Waals surface area contributed by atoms with Crippen molar-refractivity contribution in [2.45, 2.75) is 9.92 Å². The molecule has 3 aromatic rings. The van der Waals surface area contributed by atoms with Crippen LogP contribution in [-0.4, -0.2) is 15.8 Å². The highest BCUT2D eigenvalue weighted by atomic mass is 32.2. The fourth-order valence-corrected chi connectivity index (χ4v) is 3.01. The maximum Gasteiger partial charge on any atom is 0.269 e. The molecular formula is C18H13N3O3S. The van der Waals surface area contributed by atoms with Gasteiger partial charge in [0.05, 0.1) is 10.5 Å². The van der Waals surface area contributed by atoms with Gasteiger partial charge in [-0.1, -0.05) is 30.0 Å². The fourth-order valence-electron chi connectivity index (χ4n) is 2.11. The summed E-state index contributed by atoms with van der Waals surface area (Å²) in [6.45, 7) is 0. The summed E-state index contributed by atoms with van der Waals surface area (Å²) in [6.07, 6.45) is 1.63. The van der Waals surface area contributed by atoms with E-state index in [0.29, 0.717) is 16.3 Å². The molecule has 0 aliphatic carbocycles. The molecule has 25 heavy (non-hydrogen) atoms. The van der Waals surface area contributed by atoms with Gasteiger partial charge in [-0.25, -0.2) is 4.98 Å². The molecule has 124 valence electrons. The number of amides is 1. The van der Waals surface area contributed by atoms with E-state index in [1.807, 2.05) is 30.3 Å². The predicted molar refractivity (Wildman–Crippen MR) is 95.9 cm³/mol. The number of hydrogen-bond acceptors (Lipinski definition) is 5. The van der Waals surface area contributed by atoms with Crippen LogP contribution in [0.1, 0.15) is 10.4 Å². The van der Waals surface area contributed by atoms with Crippen molar-refractivity contribution in [3.8, 4) is 0 Å². The molecule has 0 saturated heterocycles. The lowest BCUT2D eigenvalue weighted by molar-refractivity contribution is -0.384. The molecule has 1 amide bonds. The van der Waals surface area contributed by atoms with Gasteiger partial charge in [0.25, 0.3) is 11.6 Å². The van der Waals surface area contributed by atoms with Crippen LogP contribution in [0.2, 0.25) is 0 Å². The highest BCUT2D eigenvalue weighted by Crippen LogP contribution is 2.28. The number of anilines is 1. The number of benzene rings is 2. The molecule has 0 fully saturated rings. The molecule has 2 aromatic carbocycles. The minimum absolute atomic E-state index is 0.0281. The largest absolute Gasteiger partial charge is 0.322 e. The third-order valence-electron chi connectivity index (χ3n) is 3.31. The normalized spacial score (nSPS) is 10.2. The second-order valence-corrected chi connectivity index (χ2v) is 6.09. The number of nitro benzene ring substituents is 1. The van der Waals surface area contributed by atoms with E-state index in [9.17, 15) is 14.9 Å². The molecule has 3 rings (SSSR count). The van der Waals surface area contributed by atoms with Gasteiger partial charge < -0.3 is 5.32 Å². The van der Waals surface area contributed by atoms with Gasteiger partial charge in [0, 0.05) is 28.9 Å². The Morgan fingerprint density at radius 3 is 2.40 bits per heavy atom. The number of hydrogen-bond donors (Lipinski definition) is 1. The predicted octanol–water partition coefficient (Wildman–Crippen LogP) is 4.39. The lowest BCUT2D eigenvalue weighted by Gasteiger charge is -2.09. The van der Waals surface area contributed by atoms with Crippen molar-refractivity contribution in [2.24, 2.45) is 0 Å². The maximum absolute atomic E-state index is 12.5. The van der Waals surface area contributed by atoms with Gasteiger partial charge in [0.15, 0.2) is 0 Å². The van der Waals surface area contributed by atoms with Crippen molar-refractivity contribution in [3.05, 3.63) is 88.6 Å². The van der Waals surface area contributed by atoms with Gasteiger partial charge >= 0.3 is 0 Å². The van der Waals surface area contributed by atoms with Crippen molar-refractivity contribution >= 4 is 29.0 Å². The Morgan fingerprint density at radius 2 is 1.72 bits per heavy atom. The highest BCUT2D eigenvalue weighted by Gasteiger charge is 2.14. The Bertz CT molecular complexity index is 899. The van der Waals surface area contributed by atoms with Crippen LogP contribution in [-0.2, 0) is 0 Å². The molecule has 0 bridgehead atoms. The first kappa shape index (κ1) is 16.7. The summed E-state index contributed by atoms with van der Waals surface area (Å²) in [5.41, 5.74) is 0.893. The topological polar surface area (TPSA) is 85.1 Å². The number of nitrogens with zero attached hydrogens (tertiary/aromatic N) is 2. The molecule has 0 saturated carbocycles. The van der Waals surface area contributed by atoms with Gasteiger partial charge in [0.1, 0.15) is 5.03 Å². The zero-order valence-corrected chi connectivity index (χ0v) is 13.8. The van der Waals surface area contributed by atoms with E-state index in [2.05, 4.69) is 10.3 Å². The summed E-state index contributed by atoms with van der Waals surface area (Å²) in [4.78, 5) is 28.0. The number of nitrogens with one attached hydrogen (secondary N) is 1. The molecule has 0 radical (unpaired) electrons. The first-order chi connectivity index (χ1) is 12.1. The number of pyridine rings is 1. The third-order valence-corrected chi connectivity index (χ3v) is 4.34. The summed E-state index contributed by atoms with van der Waals surface area (Å²) in [5.74, 6) is -0.319. The zero-order valence-electron chi connectivity index (χ0n) is 13.0. The standard InChI is InChI=1S/C18H13N3O3S/c22-17(20-13-8-10-14(11-9-13)21(23)24)16-7-4-12-19-18(16)25-15-5-2-1-3-6-15/h1-12H,(H,20,22). The summed E-state index contributed by atoms with van der Waals surface area (Å²) >= 11 is 1.40. The second kappa shape index (κ2) is 7.59. The molecule has 7 heteroatoms. The van der Waals surface area contributed by atoms with E-state index in [4.69, 9.17) is 0 Å². The first-order valence-corrected chi connectivity index (χ1v) is 8.19. The van der Waals surface area contributed by atoms with Gasteiger partial charge in [-0.05, 0) is 36.4 Å². The third kappa shape index (κ3) is 4.21. The average molecular weight is 351 g/mol. The Kier molecular flexibility index (Phi) is 5.06. The van der Waals surface area contributed by atoms with Crippen molar-refractivity contribution in [2.75, 3.05) is 5.32 Å².